The Labute approximate surface area is 332 Å². The van der Waals surface area contributed by atoms with Crippen molar-refractivity contribution >= 4 is 75.1 Å². The molecule has 4 nitrogen and oxygen atoms in total. The summed E-state index contributed by atoms with van der Waals surface area (Å²) in [4.78, 5) is 10.7. The normalized spacial score (nSPS) is 11.9. The van der Waals surface area contributed by atoms with Crippen molar-refractivity contribution in [1.29, 1.82) is 0 Å². The second kappa shape index (κ2) is 12.6. The van der Waals surface area contributed by atoms with E-state index in [0.717, 1.165) is 50.4 Å². The number of rotatable bonds is 5. The van der Waals surface area contributed by atoms with Crippen LogP contribution in [0.4, 0.5) is 0 Å². The fourth-order valence-corrected chi connectivity index (χ4v) is 9.82. The van der Waals surface area contributed by atoms with Crippen LogP contribution in [0.25, 0.3) is 109 Å². The number of thiophene rings is 1. The molecule has 57 heavy (non-hydrogen) atoms. The van der Waals surface area contributed by atoms with Gasteiger partial charge in [0.1, 0.15) is 5.82 Å². The third-order valence-electron chi connectivity index (χ3n) is 11.3. The summed E-state index contributed by atoms with van der Waals surface area (Å²) >= 11 is 1.85. The lowest BCUT2D eigenvalue weighted by atomic mass is 10.0. The van der Waals surface area contributed by atoms with E-state index in [-0.39, 0.29) is 0 Å². The molecule has 4 aromatic heterocycles. The van der Waals surface area contributed by atoms with Crippen LogP contribution in [0.1, 0.15) is 0 Å². The number of hydrogen-bond donors (Lipinski definition) is 0. The molecule has 12 rings (SSSR count). The number of aromatic nitrogens is 4. The molecule has 5 heteroatoms. The van der Waals surface area contributed by atoms with Crippen molar-refractivity contribution in [2.75, 3.05) is 0 Å². The van der Waals surface area contributed by atoms with Crippen molar-refractivity contribution in [2.24, 2.45) is 0 Å². The molecule has 0 bridgehead atoms. The molecule has 0 spiro atoms. The molecule has 4 heterocycles. The average Bonchev–Trinajstić information content (AvgIpc) is 3.94. The number of nitrogens with zero attached hydrogens (tertiary/aromatic N) is 4. The van der Waals surface area contributed by atoms with Crippen LogP contribution in [-0.4, -0.2) is 19.1 Å². The molecule has 0 saturated carbocycles. The zero-order chi connectivity index (χ0) is 37.5. The molecular formula is C52H32N4S. The summed E-state index contributed by atoms with van der Waals surface area (Å²) in [6.07, 6.45) is 0. The minimum atomic E-state index is 0.680. The van der Waals surface area contributed by atoms with E-state index in [9.17, 15) is 0 Å². The van der Waals surface area contributed by atoms with Crippen molar-refractivity contribution in [3.63, 3.8) is 0 Å². The van der Waals surface area contributed by atoms with Crippen LogP contribution in [0, 0.1) is 0 Å². The topological polar surface area (TPSA) is 35.6 Å². The Kier molecular flexibility index (Phi) is 7.06. The Hall–Kier alpha value is -7.34. The molecule has 266 valence electrons. The fraction of sp³-hybridized carbons (Fsp3) is 0. The number of benzene rings is 8. The molecule has 0 N–H and O–H groups in total. The third kappa shape index (κ3) is 4.99. The van der Waals surface area contributed by atoms with E-state index in [2.05, 4.69) is 191 Å². The van der Waals surface area contributed by atoms with Crippen molar-refractivity contribution in [3.8, 4) is 45.3 Å². The van der Waals surface area contributed by atoms with Gasteiger partial charge in [-0.15, -0.1) is 11.3 Å². The zero-order valence-corrected chi connectivity index (χ0v) is 31.5. The summed E-state index contributed by atoms with van der Waals surface area (Å²) < 4.78 is 7.43. The average molecular weight is 745 g/mol. The molecule has 0 unspecified atom stereocenters. The largest absolute Gasteiger partial charge is 0.307 e. The minimum absolute atomic E-state index is 0.680. The first kappa shape index (κ1) is 32.0. The van der Waals surface area contributed by atoms with E-state index in [0.29, 0.717) is 5.82 Å². The molecule has 0 radical (unpaired) electrons. The highest BCUT2D eigenvalue weighted by atomic mass is 32.1. The fourth-order valence-electron chi connectivity index (χ4n) is 8.74. The van der Waals surface area contributed by atoms with E-state index in [4.69, 9.17) is 9.97 Å². The van der Waals surface area contributed by atoms with Gasteiger partial charge in [0.05, 0.1) is 27.8 Å². The molecule has 12 aromatic rings. The highest BCUT2D eigenvalue weighted by molar-refractivity contribution is 7.25. The van der Waals surface area contributed by atoms with Gasteiger partial charge in [-0.25, -0.2) is 9.97 Å². The van der Waals surface area contributed by atoms with Crippen LogP contribution in [0.2, 0.25) is 0 Å². The molecule has 8 aromatic carbocycles. The standard InChI is InChI=1S/C52H32N4S/c1-3-13-33(14-4-1)34-23-25-36(26-24-34)52-53-44(35-15-5-2-6-16-35)32-49(54-52)56-46-21-11-8-18-39(46)42-29-28-41-38-17-7-10-20-45(38)55(50(41)51(42)56)37-27-30-48-43(31-37)40-19-9-12-22-47(40)57-48/h1-32H. The molecular weight excluding hydrogens is 713 g/mol. The van der Waals surface area contributed by atoms with Gasteiger partial charge in [0.15, 0.2) is 5.82 Å². The monoisotopic (exact) mass is 744 g/mol. The molecule has 0 aliphatic carbocycles. The summed E-state index contributed by atoms with van der Waals surface area (Å²) in [6.45, 7) is 0. The summed E-state index contributed by atoms with van der Waals surface area (Å²) in [5, 5.41) is 7.34. The van der Waals surface area contributed by atoms with E-state index >= 15 is 0 Å². The lowest BCUT2D eigenvalue weighted by Crippen LogP contribution is -2.04. The van der Waals surface area contributed by atoms with Crippen LogP contribution in [0.15, 0.2) is 194 Å². The predicted molar refractivity (Wildman–Crippen MR) is 240 cm³/mol. The van der Waals surface area contributed by atoms with Gasteiger partial charge in [-0.2, -0.15) is 0 Å². The first-order valence-corrected chi connectivity index (χ1v) is 20.1. The van der Waals surface area contributed by atoms with Crippen LogP contribution in [-0.2, 0) is 0 Å². The maximum Gasteiger partial charge on any atom is 0.162 e. The van der Waals surface area contributed by atoms with Crippen molar-refractivity contribution in [3.05, 3.63) is 194 Å². The maximum atomic E-state index is 5.45. The number of fused-ring (bicyclic) bond motifs is 10. The van der Waals surface area contributed by atoms with Crippen molar-refractivity contribution in [1.82, 2.24) is 19.1 Å². The molecule has 0 atom stereocenters. The first-order chi connectivity index (χ1) is 28.3. The Bertz CT molecular complexity index is 3500. The smallest absolute Gasteiger partial charge is 0.162 e. The summed E-state index contributed by atoms with van der Waals surface area (Å²) in [6, 6.07) is 69.5. The van der Waals surface area contributed by atoms with Gasteiger partial charge in [-0.1, -0.05) is 152 Å². The minimum Gasteiger partial charge on any atom is -0.307 e. The lowest BCUT2D eigenvalue weighted by molar-refractivity contribution is 1.05. The van der Waals surface area contributed by atoms with Gasteiger partial charge in [-0.05, 0) is 47.5 Å². The molecule has 0 fully saturated rings. The Morgan fingerprint density at radius 1 is 0.351 bits per heavy atom. The molecule has 0 aliphatic heterocycles. The molecule has 0 amide bonds. The van der Waals surface area contributed by atoms with E-state index < -0.39 is 0 Å². The maximum absolute atomic E-state index is 5.45. The summed E-state index contributed by atoms with van der Waals surface area (Å²) in [5.41, 5.74) is 10.9. The molecule has 0 aliphatic rings. The Balaban J connectivity index is 1.18. The highest BCUT2D eigenvalue weighted by Gasteiger charge is 2.23. The highest BCUT2D eigenvalue weighted by Crippen LogP contribution is 2.43. The van der Waals surface area contributed by atoms with Crippen molar-refractivity contribution < 1.29 is 0 Å². The third-order valence-corrected chi connectivity index (χ3v) is 12.5. The van der Waals surface area contributed by atoms with Gasteiger partial charge >= 0.3 is 0 Å². The predicted octanol–water partition coefficient (Wildman–Crippen LogP) is 14.0. The van der Waals surface area contributed by atoms with Crippen LogP contribution >= 0.6 is 11.3 Å². The van der Waals surface area contributed by atoms with E-state index in [1.807, 2.05) is 23.5 Å². The van der Waals surface area contributed by atoms with Crippen LogP contribution in [0.3, 0.4) is 0 Å². The van der Waals surface area contributed by atoms with Crippen molar-refractivity contribution in [2.45, 2.75) is 0 Å². The van der Waals surface area contributed by atoms with Crippen LogP contribution < -0.4 is 0 Å². The van der Waals surface area contributed by atoms with E-state index in [1.54, 1.807) is 0 Å². The SMILES string of the molecule is c1ccc(-c2ccc(-c3nc(-c4ccccc4)cc(-n4c5ccccc5c5ccc6c7ccccc7n(-c7ccc8sc9ccccc9c8c7)c6c54)n3)cc2)cc1. The molecule has 0 saturated heterocycles. The van der Waals surface area contributed by atoms with Gasteiger partial charge in [-0.3, -0.25) is 4.57 Å². The summed E-state index contributed by atoms with van der Waals surface area (Å²) in [5.74, 6) is 1.50. The second-order valence-corrected chi connectivity index (χ2v) is 15.7. The van der Waals surface area contributed by atoms with Gasteiger partial charge in [0, 0.05) is 64.6 Å². The lowest BCUT2D eigenvalue weighted by Gasteiger charge is -2.14. The van der Waals surface area contributed by atoms with E-state index in [1.165, 1.54) is 52.8 Å². The number of hydrogen-bond acceptors (Lipinski definition) is 3. The first-order valence-electron chi connectivity index (χ1n) is 19.2. The second-order valence-electron chi connectivity index (χ2n) is 14.6. The Morgan fingerprint density at radius 2 is 0.895 bits per heavy atom. The number of para-hydroxylation sites is 2. The van der Waals surface area contributed by atoms with Gasteiger partial charge in [0.2, 0.25) is 0 Å². The van der Waals surface area contributed by atoms with Gasteiger partial charge < -0.3 is 4.57 Å². The van der Waals surface area contributed by atoms with Crippen LogP contribution in [0.5, 0.6) is 0 Å². The summed E-state index contributed by atoms with van der Waals surface area (Å²) in [7, 11) is 0. The Morgan fingerprint density at radius 3 is 1.61 bits per heavy atom. The zero-order valence-electron chi connectivity index (χ0n) is 30.7. The quantitative estimate of drug-likeness (QED) is 0.176. The van der Waals surface area contributed by atoms with Gasteiger partial charge in [0.25, 0.3) is 0 Å².